The SMILES string of the molecule is CC[C@H](C)[C@H](NC(=O)CNC(=O)[C@H](CCC(N)=O)NC(=O)[C@@H]1CCCN1S(=O)(=O)c1cccc2c(N(C)C)cccc12)C(=O)N[C@@H](C)C(=O)NCC(=O)N[C@H](CCCN=C(N)N)C(=O)O. The van der Waals surface area contributed by atoms with Gasteiger partial charge in [-0.3, -0.25) is 38.6 Å². The molecule has 0 radical (unpaired) electrons. The normalized spacial score (nSPS) is 16.1. The third-order valence-corrected chi connectivity index (χ3v) is 12.7. The first-order valence-corrected chi connectivity index (χ1v) is 22.5. The molecule has 1 saturated heterocycles. The fourth-order valence-electron chi connectivity index (χ4n) is 7.03. The van der Waals surface area contributed by atoms with Crippen LogP contribution in [-0.4, -0.2) is 142 Å². The maximum absolute atomic E-state index is 14.2. The lowest BCUT2D eigenvalue weighted by Gasteiger charge is -2.27. The van der Waals surface area contributed by atoms with Gasteiger partial charge in [-0.2, -0.15) is 4.31 Å². The van der Waals surface area contributed by atoms with Gasteiger partial charge >= 0.3 is 5.97 Å². The first-order valence-electron chi connectivity index (χ1n) is 21.1. The minimum absolute atomic E-state index is 0.0105. The first-order chi connectivity index (χ1) is 30.6. The minimum Gasteiger partial charge on any atom is -0.480 e. The van der Waals surface area contributed by atoms with Crippen LogP contribution in [0.1, 0.15) is 65.7 Å². The van der Waals surface area contributed by atoms with Gasteiger partial charge in [-0.25, -0.2) is 13.2 Å². The van der Waals surface area contributed by atoms with E-state index in [0.29, 0.717) is 23.6 Å². The van der Waals surface area contributed by atoms with Crippen molar-refractivity contribution in [2.75, 3.05) is 45.2 Å². The summed E-state index contributed by atoms with van der Waals surface area (Å²) in [5, 5.41) is 25.2. The van der Waals surface area contributed by atoms with Gasteiger partial charge in [0, 0.05) is 50.1 Å². The van der Waals surface area contributed by atoms with E-state index in [1.165, 1.54) is 13.0 Å². The molecule has 1 heterocycles. The van der Waals surface area contributed by atoms with Crippen molar-refractivity contribution < 1.29 is 51.9 Å². The predicted molar refractivity (Wildman–Crippen MR) is 240 cm³/mol. The number of guanidine groups is 1. The molecule has 3 rings (SSSR count). The van der Waals surface area contributed by atoms with Crippen LogP contribution in [0, 0.1) is 5.92 Å². The average molecular weight is 931 g/mol. The van der Waals surface area contributed by atoms with Crippen LogP contribution < -0.4 is 54.0 Å². The Morgan fingerprint density at radius 3 is 2.08 bits per heavy atom. The molecule has 13 N–H and O–H groups in total. The lowest BCUT2D eigenvalue weighted by molar-refractivity contribution is -0.142. The van der Waals surface area contributed by atoms with E-state index in [2.05, 4.69) is 36.9 Å². The highest BCUT2D eigenvalue weighted by atomic mass is 32.2. The number of primary amides is 1. The molecule has 24 heteroatoms. The number of amides is 7. The van der Waals surface area contributed by atoms with Crippen LogP contribution in [0.15, 0.2) is 46.3 Å². The summed E-state index contributed by atoms with van der Waals surface area (Å²) < 4.78 is 29.4. The fourth-order valence-corrected chi connectivity index (χ4v) is 8.90. The third-order valence-electron chi connectivity index (χ3n) is 10.7. The second-order valence-corrected chi connectivity index (χ2v) is 17.7. The number of nitrogens with zero attached hydrogens (tertiary/aromatic N) is 3. The summed E-state index contributed by atoms with van der Waals surface area (Å²) in [6.07, 6.45) is 0.559. The Morgan fingerprint density at radius 2 is 1.46 bits per heavy atom. The molecule has 358 valence electrons. The van der Waals surface area contributed by atoms with Crippen LogP contribution >= 0.6 is 0 Å². The molecule has 23 nitrogen and oxygen atoms in total. The molecule has 2 aromatic carbocycles. The van der Waals surface area contributed by atoms with Gasteiger partial charge in [-0.1, -0.05) is 44.5 Å². The van der Waals surface area contributed by atoms with E-state index in [-0.39, 0.29) is 56.0 Å². The number of nitrogens with two attached hydrogens (primary N) is 3. The van der Waals surface area contributed by atoms with Crippen molar-refractivity contribution in [1.82, 2.24) is 36.2 Å². The van der Waals surface area contributed by atoms with Gasteiger partial charge in [0.15, 0.2) is 5.96 Å². The second kappa shape index (κ2) is 24.5. The zero-order valence-electron chi connectivity index (χ0n) is 37.2. The largest absolute Gasteiger partial charge is 0.480 e. The molecular weight excluding hydrogens is 869 g/mol. The number of nitrogens with one attached hydrogen (secondary N) is 6. The van der Waals surface area contributed by atoms with Crippen LogP contribution in [0.2, 0.25) is 0 Å². The highest BCUT2D eigenvalue weighted by Crippen LogP contribution is 2.34. The average Bonchev–Trinajstić information content (AvgIpc) is 3.77. The zero-order chi connectivity index (χ0) is 48.6. The van der Waals surface area contributed by atoms with Gasteiger partial charge < -0.3 is 59.1 Å². The van der Waals surface area contributed by atoms with Crippen molar-refractivity contribution in [3.05, 3.63) is 36.4 Å². The Bertz CT molecular complexity index is 2220. The minimum atomic E-state index is -4.24. The lowest BCUT2D eigenvalue weighted by atomic mass is 9.98. The van der Waals surface area contributed by atoms with Crippen LogP contribution in [0.25, 0.3) is 10.8 Å². The molecule has 0 spiro atoms. The molecular formula is C41H62N12O11S. The van der Waals surface area contributed by atoms with Crippen molar-refractivity contribution >= 4 is 79.8 Å². The first kappa shape index (κ1) is 52.8. The van der Waals surface area contributed by atoms with Crippen molar-refractivity contribution in [3.8, 4) is 0 Å². The Balaban J connectivity index is 1.63. The van der Waals surface area contributed by atoms with E-state index < -0.39 is 107 Å². The Labute approximate surface area is 377 Å². The van der Waals surface area contributed by atoms with Gasteiger partial charge in [0.1, 0.15) is 30.2 Å². The van der Waals surface area contributed by atoms with Crippen LogP contribution in [0.4, 0.5) is 5.69 Å². The van der Waals surface area contributed by atoms with E-state index in [0.717, 1.165) is 9.99 Å². The second-order valence-electron chi connectivity index (χ2n) is 15.9. The van der Waals surface area contributed by atoms with Gasteiger partial charge in [-0.15, -0.1) is 0 Å². The molecule has 1 aliphatic rings. The molecule has 0 aromatic heterocycles. The van der Waals surface area contributed by atoms with E-state index in [1.54, 1.807) is 38.1 Å². The number of carboxylic acid groups (broad SMARTS) is 1. The summed E-state index contributed by atoms with van der Waals surface area (Å²) in [5.41, 5.74) is 16.6. The highest BCUT2D eigenvalue weighted by molar-refractivity contribution is 7.89. The number of carbonyl (C=O) groups excluding carboxylic acids is 7. The molecule has 0 unspecified atom stereocenters. The summed E-state index contributed by atoms with van der Waals surface area (Å²) >= 11 is 0. The van der Waals surface area contributed by atoms with Crippen LogP contribution in [0.3, 0.4) is 0 Å². The van der Waals surface area contributed by atoms with Gasteiger partial charge in [-0.05, 0) is 57.1 Å². The standard InChI is InChI=1S/C41H62N12O11S/c1-6-23(2)35(39(60)48-24(3)36(57)46-21-33(55)49-28(40(61)62)13-9-19-45-41(43)44)51-34(56)22-47-37(58)27(17-18-32(42)54)50-38(59)30-15-10-20-53(30)65(63,64)31-16-8-11-25-26(31)12-7-14-29(25)52(4)5/h7-8,11-12,14,16,23-24,27-28,30,35H,6,9-10,13,15,17-22H2,1-5H3,(H2,42,54)(H,46,57)(H,47,58)(H,48,60)(H,49,55)(H,50,59)(H,51,56)(H,61,62)(H4,43,44,45)/t23-,24-,27-,28+,30-,35-/m0/s1. The predicted octanol–water partition coefficient (Wildman–Crippen LogP) is -2.30. The smallest absolute Gasteiger partial charge is 0.326 e. The Kier molecular flexibility index (Phi) is 19.9. The number of aliphatic carboxylic acids is 1. The van der Waals surface area contributed by atoms with E-state index in [9.17, 15) is 51.9 Å². The summed E-state index contributed by atoms with van der Waals surface area (Å²) in [5.74, 6) is -7.57. The maximum Gasteiger partial charge on any atom is 0.326 e. The molecule has 6 atom stereocenters. The Morgan fingerprint density at radius 1 is 0.831 bits per heavy atom. The van der Waals surface area contributed by atoms with Crippen molar-refractivity contribution in [2.45, 2.75) is 101 Å². The van der Waals surface area contributed by atoms with Crippen LogP contribution in [0.5, 0.6) is 0 Å². The highest BCUT2D eigenvalue weighted by Gasteiger charge is 2.41. The third kappa shape index (κ3) is 15.3. The maximum atomic E-state index is 14.2. The molecule has 0 saturated carbocycles. The number of hydrogen-bond acceptors (Lipinski definition) is 12. The molecule has 2 aromatic rings. The summed E-state index contributed by atoms with van der Waals surface area (Å²) in [7, 11) is -0.562. The zero-order valence-corrected chi connectivity index (χ0v) is 38.0. The molecule has 0 bridgehead atoms. The number of hydrogen-bond donors (Lipinski definition) is 10. The summed E-state index contributed by atoms with van der Waals surface area (Å²) in [6, 6.07) is 3.90. The number of carboxylic acids is 1. The van der Waals surface area contributed by atoms with Crippen LogP contribution in [-0.2, 0) is 48.4 Å². The summed E-state index contributed by atoms with van der Waals surface area (Å²) in [6.45, 7) is 3.64. The van der Waals surface area contributed by atoms with Crippen molar-refractivity contribution in [2.24, 2.45) is 28.1 Å². The topological polar surface area (TPSA) is 360 Å². The van der Waals surface area contributed by atoms with E-state index in [4.69, 9.17) is 17.2 Å². The number of anilines is 1. The van der Waals surface area contributed by atoms with Gasteiger partial charge in [0.25, 0.3) is 0 Å². The van der Waals surface area contributed by atoms with E-state index >= 15 is 0 Å². The number of rotatable bonds is 25. The number of carbonyl (C=O) groups is 8. The number of aliphatic imine (C=N–C) groups is 1. The number of fused-ring (bicyclic) bond motifs is 1. The number of sulfonamides is 1. The molecule has 1 aliphatic heterocycles. The van der Waals surface area contributed by atoms with Gasteiger partial charge in [0.05, 0.1) is 18.0 Å². The molecule has 65 heavy (non-hydrogen) atoms. The quantitative estimate of drug-likeness (QED) is 0.0285. The Hall–Kier alpha value is -6.56. The molecule has 7 amide bonds. The molecule has 1 fully saturated rings. The van der Waals surface area contributed by atoms with E-state index in [1.807, 2.05) is 25.1 Å². The van der Waals surface area contributed by atoms with Crippen molar-refractivity contribution in [3.63, 3.8) is 0 Å². The van der Waals surface area contributed by atoms with Gasteiger partial charge in [0.2, 0.25) is 51.4 Å². The fraction of sp³-hybridized carbons (Fsp3) is 0.537. The monoisotopic (exact) mass is 930 g/mol. The lowest BCUT2D eigenvalue weighted by Crippen LogP contribution is -2.57. The number of benzene rings is 2. The molecule has 0 aliphatic carbocycles. The summed E-state index contributed by atoms with van der Waals surface area (Å²) in [4.78, 5) is 108. The van der Waals surface area contributed by atoms with Crippen molar-refractivity contribution in [1.29, 1.82) is 0 Å².